The van der Waals surface area contributed by atoms with Crippen LogP contribution in [0, 0.1) is 17.5 Å². The molecule has 0 atom stereocenters. The molecule has 0 bridgehead atoms. The Morgan fingerprint density at radius 1 is 1.19 bits per heavy atom. The molecule has 0 spiro atoms. The molecule has 2 aromatic rings. The fourth-order valence-electron chi connectivity index (χ4n) is 1.98. The lowest BCUT2D eigenvalue weighted by Gasteiger charge is -2.11. The quantitative estimate of drug-likeness (QED) is 0.568. The van der Waals surface area contributed by atoms with Gasteiger partial charge in [0, 0.05) is 0 Å². The van der Waals surface area contributed by atoms with Gasteiger partial charge in [-0.1, -0.05) is 11.6 Å². The maximum absolute atomic E-state index is 13.5. The first-order chi connectivity index (χ1) is 12.7. The first-order valence-corrected chi connectivity index (χ1v) is 7.88. The predicted octanol–water partition coefficient (Wildman–Crippen LogP) is 3.66. The molecule has 0 aliphatic heterocycles. The number of rotatable bonds is 6. The molecule has 1 amide bonds. The Balaban J connectivity index is 2.03. The van der Waals surface area contributed by atoms with Crippen LogP contribution in [-0.4, -0.2) is 30.2 Å². The number of nitrogens with one attached hydrogen (secondary N) is 1. The number of phenolic OH excluding ortho intramolecular Hbond substituents is 1. The molecule has 0 aliphatic rings. The minimum atomic E-state index is -1.74. The van der Waals surface area contributed by atoms with E-state index in [4.69, 9.17) is 21.1 Å². The van der Waals surface area contributed by atoms with Crippen LogP contribution in [0.3, 0.4) is 0 Å². The maximum atomic E-state index is 13.5. The van der Waals surface area contributed by atoms with E-state index in [1.807, 2.05) is 5.32 Å². The molecule has 10 heteroatoms. The van der Waals surface area contributed by atoms with E-state index < -0.39 is 41.6 Å². The Kier molecular flexibility index (Phi) is 6.51. The smallest absolute Gasteiger partial charge is 0.338 e. The van der Waals surface area contributed by atoms with Crippen LogP contribution in [0.1, 0.15) is 17.3 Å². The third kappa shape index (κ3) is 4.82. The zero-order valence-electron chi connectivity index (χ0n) is 13.8. The zero-order chi connectivity index (χ0) is 20.1. The molecule has 2 N–H and O–H groups in total. The topological polar surface area (TPSA) is 84.9 Å². The van der Waals surface area contributed by atoms with Gasteiger partial charge in [0.15, 0.2) is 35.6 Å². The van der Waals surface area contributed by atoms with E-state index in [0.29, 0.717) is 6.07 Å². The lowest BCUT2D eigenvalue weighted by Crippen LogP contribution is -2.21. The molecule has 2 aromatic carbocycles. The highest BCUT2D eigenvalue weighted by Crippen LogP contribution is 2.35. The van der Waals surface area contributed by atoms with Crippen molar-refractivity contribution in [2.75, 3.05) is 18.5 Å². The summed E-state index contributed by atoms with van der Waals surface area (Å²) in [6.07, 6.45) is 0. The van der Waals surface area contributed by atoms with Crippen LogP contribution in [-0.2, 0) is 9.53 Å². The van der Waals surface area contributed by atoms with E-state index in [1.165, 1.54) is 6.07 Å². The second-order valence-corrected chi connectivity index (χ2v) is 5.49. The second-order valence-electron chi connectivity index (χ2n) is 5.09. The third-order valence-electron chi connectivity index (χ3n) is 3.21. The average Bonchev–Trinajstić information content (AvgIpc) is 2.64. The standard InChI is InChI=1S/C17H13ClF3NO5/c1-2-26-12-6-8(5-9(18)16(12)24)17(25)27-7-13(23)22-11-4-3-10(19)14(20)15(11)21/h3-6,24H,2,7H2,1H3,(H,22,23). The molecule has 2 rings (SSSR count). The molecule has 144 valence electrons. The van der Waals surface area contributed by atoms with E-state index in [1.54, 1.807) is 6.92 Å². The average molecular weight is 404 g/mol. The molecule has 0 heterocycles. The minimum Gasteiger partial charge on any atom is -0.503 e. The number of hydrogen-bond donors (Lipinski definition) is 2. The van der Waals surface area contributed by atoms with Crippen molar-refractivity contribution in [3.8, 4) is 11.5 Å². The Labute approximate surface area is 156 Å². The number of hydrogen-bond acceptors (Lipinski definition) is 5. The summed E-state index contributed by atoms with van der Waals surface area (Å²) in [5, 5.41) is 11.5. The first-order valence-electron chi connectivity index (χ1n) is 7.50. The molecule has 0 aliphatic carbocycles. The van der Waals surface area contributed by atoms with Gasteiger partial charge in [0.2, 0.25) is 0 Å². The van der Waals surface area contributed by atoms with Crippen LogP contribution in [0.15, 0.2) is 24.3 Å². The SMILES string of the molecule is CCOc1cc(C(=O)OCC(=O)Nc2ccc(F)c(F)c2F)cc(Cl)c1O. The molecule has 0 unspecified atom stereocenters. The zero-order valence-corrected chi connectivity index (χ0v) is 14.6. The monoisotopic (exact) mass is 403 g/mol. The predicted molar refractivity (Wildman–Crippen MR) is 89.5 cm³/mol. The number of carbonyl (C=O) groups excluding carboxylic acids is 2. The van der Waals surface area contributed by atoms with Gasteiger partial charge in [-0.3, -0.25) is 4.79 Å². The Morgan fingerprint density at radius 2 is 1.89 bits per heavy atom. The molecule has 0 fully saturated rings. The van der Waals surface area contributed by atoms with Crippen molar-refractivity contribution in [1.29, 1.82) is 0 Å². The number of esters is 1. The van der Waals surface area contributed by atoms with Crippen LogP contribution in [0.25, 0.3) is 0 Å². The second kappa shape index (κ2) is 8.63. The molecule has 6 nitrogen and oxygen atoms in total. The number of phenols is 1. The fourth-order valence-corrected chi connectivity index (χ4v) is 2.19. The minimum absolute atomic E-state index is 0.0507. The summed E-state index contributed by atoms with van der Waals surface area (Å²) >= 11 is 5.79. The number of halogens is 4. The van der Waals surface area contributed by atoms with Gasteiger partial charge in [-0.2, -0.15) is 0 Å². The van der Waals surface area contributed by atoms with Crippen LogP contribution in [0.5, 0.6) is 11.5 Å². The highest BCUT2D eigenvalue weighted by molar-refractivity contribution is 6.32. The summed E-state index contributed by atoms with van der Waals surface area (Å²) in [5.74, 6) is -7.10. The molecule has 0 saturated heterocycles. The van der Waals surface area contributed by atoms with E-state index in [0.717, 1.165) is 12.1 Å². The number of benzene rings is 2. The van der Waals surface area contributed by atoms with Gasteiger partial charge in [-0.15, -0.1) is 0 Å². The summed E-state index contributed by atoms with van der Waals surface area (Å²) in [6.45, 7) is 1.02. The van der Waals surface area contributed by atoms with Gasteiger partial charge in [-0.05, 0) is 31.2 Å². The Morgan fingerprint density at radius 3 is 2.56 bits per heavy atom. The highest BCUT2D eigenvalue weighted by Gasteiger charge is 2.18. The Hall–Kier alpha value is -2.94. The van der Waals surface area contributed by atoms with Crippen molar-refractivity contribution >= 4 is 29.2 Å². The number of ether oxygens (including phenoxy) is 2. The van der Waals surface area contributed by atoms with Gasteiger partial charge < -0.3 is 19.9 Å². The number of amides is 1. The van der Waals surface area contributed by atoms with Crippen molar-refractivity contribution in [1.82, 2.24) is 0 Å². The van der Waals surface area contributed by atoms with Crippen molar-refractivity contribution in [3.05, 3.63) is 52.3 Å². The summed E-state index contributed by atoms with van der Waals surface area (Å²) in [6, 6.07) is 3.73. The van der Waals surface area contributed by atoms with Crippen molar-refractivity contribution in [2.45, 2.75) is 6.92 Å². The van der Waals surface area contributed by atoms with Gasteiger partial charge in [-0.25, -0.2) is 18.0 Å². The lowest BCUT2D eigenvalue weighted by molar-refractivity contribution is -0.119. The molecule has 0 saturated carbocycles. The molecule has 0 aromatic heterocycles. The van der Waals surface area contributed by atoms with Crippen molar-refractivity contribution in [2.24, 2.45) is 0 Å². The first kappa shape index (κ1) is 20.4. The molecular weight excluding hydrogens is 391 g/mol. The van der Waals surface area contributed by atoms with Gasteiger partial charge in [0.1, 0.15) is 0 Å². The number of carbonyl (C=O) groups is 2. The molecule has 27 heavy (non-hydrogen) atoms. The lowest BCUT2D eigenvalue weighted by atomic mass is 10.2. The summed E-state index contributed by atoms with van der Waals surface area (Å²) in [7, 11) is 0. The van der Waals surface area contributed by atoms with Crippen molar-refractivity contribution in [3.63, 3.8) is 0 Å². The van der Waals surface area contributed by atoms with E-state index >= 15 is 0 Å². The van der Waals surface area contributed by atoms with Crippen LogP contribution >= 0.6 is 11.6 Å². The molecule has 0 radical (unpaired) electrons. The number of aromatic hydroxyl groups is 1. The fraction of sp³-hybridized carbons (Fsp3) is 0.176. The molecular formula is C17H13ClF3NO5. The third-order valence-corrected chi connectivity index (χ3v) is 3.50. The van der Waals surface area contributed by atoms with E-state index in [-0.39, 0.29) is 28.7 Å². The summed E-state index contributed by atoms with van der Waals surface area (Å²) in [4.78, 5) is 23.7. The normalized spacial score (nSPS) is 10.4. The highest BCUT2D eigenvalue weighted by atomic mass is 35.5. The van der Waals surface area contributed by atoms with Crippen LogP contribution in [0.4, 0.5) is 18.9 Å². The van der Waals surface area contributed by atoms with Gasteiger partial charge in [0.05, 0.1) is 22.9 Å². The number of anilines is 1. The maximum Gasteiger partial charge on any atom is 0.338 e. The van der Waals surface area contributed by atoms with E-state index in [9.17, 15) is 27.9 Å². The Bertz CT molecular complexity index is 891. The van der Waals surface area contributed by atoms with Gasteiger partial charge in [0.25, 0.3) is 5.91 Å². The van der Waals surface area contributed by atoms with Crippen LogP contribution < -0.4 is 10.1 Å². The van der Waals surface area contributed by atoms with E-state index in [2.05, 4.69) is 0 Å². The summed E-state index contributed by atoms with van der Waals surface area (Å²) in [5.41, 5.74) is -0.714. The largest absolute Gasteiger partial charge is 0.503 e. The summed E-state index contributed by atoms with van der Waals surface area (Å²) < 4.78 is 49.3. The van der Waals surface area contributed by atoms with Crippen LogP contribution in [0.2, 0.25) is 5.02 Å². The van der Waals surface area contributed by atoms with Crippen molar-refractivity contribution < 1.29 is 37.3 Å². The van der Waals surface area contributed by atoms with Gasteiger partial charge >= 0.3 is 5.97 Å².